The summed E-state index contributed by atoms with van der Waals surface area (Å²) in [5, 5.41) is 2.81. The maximum Gasteiger partial charge on any atom is 0.294 e. The summed E-state index contributed by atoms with van der Waals surface area (Å²) >= 11 is 6.72. The number of ether oxygens (including phenoxy) is 3. The van der Waals surface area contributed by atoms with Crippen molar-refractivity contribution >= 4 is 52.2 Å². The highest BCUT2D eigenvalue weighted by molar-refractivity contribution is 8.18. The molecule has 3 amide bonds. The molecule has 0 unspecified atom stereocenters. The minimum absolute atomic E-state index is 0.213. The fourth-order valence-corrected chi connectivity index (χ4v) is 4.51. The van der Waals surface area contributed by atoms with Gasteiger partial charge in [-0.25, -0.2) is 0 Å². The van der Waals surface area contributed by atoms with Gasteiger partial charge in [-0.05, 0) is 84.4 Å². The lowest BCUT2D eigenvalue weighted by atomic mass is 10.1. The van der Waals surface area contributed by atoms with Crippen molar-refractivity contribution in [3.8, 4) is 17.2 Å². The molecule has 0 atom stereocenters. The van der Waals surface area contributed by atoms with Crippen LogP contribution in [0.25, 0.3) is 6.08 Å². The normalized spacial score (nSPS) is 14.1. The molecule has 1 N–H and O–H groups in total. The van der Waals surface area contributed by atoms with E-state index < -0.39 is 23.6 Å². The molecule has 0 aliphatic carbocycles. The second-order valence-electron chi connectivity index (χ2n) is 8.10. The van der Waals surface area contributed by atoms with E-state index in [4.69, 9.17) is 25.8 Å². The molecule has 8 nitrogen and oxygen atoms in total. The van der Waals surface area contributed by atoms with Crippen LogP contribution in [0, 0.1) is 0 Å². The lowest BCUT2D eigenvalue weighted by Gasteiger charge is -2.13. The number of methoxy groups -OCH3 is 1. The third-order valence-electron chi connectivity index (χ3n) is 5.42. The third-order valence-corrected chi connectivity index (χ3v) is 6.58. The van der Waals surface area contributed by atoms with Gasteiger partial charge in [0.15, 0.2) is 11.5 Å². The molecule has 1 heterocycles. The molecule has 3 aromatic carbocycles. The number of benzene rings is 3. The summed E-state index contributed by atoms with van der Waals surface area (Å²) in [6, 6.07) is 19.3. The smallest absolute Gasteiger partial charge is 0.294 e. The van der Waals surface area contributed by atoms with E-state index in [1.807, 2.05) is 19.1 Å². The highest BCUT2D eigenvalue weighted by atomic mass is 35.5. The zero-order valence-electron chi connectivity index (χ0n) is 20.7. The molecule has 4 rings (SSSR count). The zero-order chi connectivity index (χ0) is 27.1. The van der Waals surface area contributed by atoms with E-state index in [0.717, 1.165) is 22.2 Å². The van der Waals surface area contributed by atoms with Crippen molar-refractivity contribution in [2.24, 2.45) is 0 Å². The van der Waals surface area contributed by atoms with Gasteiger partial charge >= 0.3 is 0 Å². The maximum atomic E-state index is 12.9. The summed E-state index contributed by atoms with van der Waals surface area (Å²) in [5.41, 5.74) is 2.13. The Morgan fingerprint density at radius 2 is 1.74 bits per heavy atom. The van der Waals surface area contributed by atoms with Crippen molar-refractivity contribution in [3.05, 3.63) is 87.8 Å². The van der Waals surface area contributed by atoms with Crippen molar-refractivity contribution in [1.82, 2.24) is 4.90 Å². The van der Waals surface area contributed by atoms with E-state index in [-0.39, 0.29) is 4.91 Å². The molecule has 3 aromatic rings. The Balaban J connectivity index is 1.42. The lowest BCUT2D eigenvalue weighted by molar-refractivity contribution is -0.127. The van der Waals surface area contributed by atoms with E-state index >= 15 is 0 Å². The molecule has 38 heavy (non-hydrogen) atoms. The van der Waals surface area contributed by atoms with Crippen molar-refractivity contribution in [2.45, 2.75) is 13.5 Å². The zero-order valence-corrected chi connectivity index (χ0v) is 22.3. The third kappa shape index (κ3) is 6.87. The minimum atomic E-state index is -0.536. The summed E-state index contributed by atoms with van der Waals surface area (Å²) in [6.07, 6.45) is 1.60. The summed E-state index contributed by atoms with van der Waals surface area (Å²) in [4.78, 5) is 39.0. The van der Waals surface area contributed by atoms with Gasteiger partial charge in [-0.2, -0.15) is 0 Å². The molecular weight excluding hydrogens is 528 g/mol. The SMILES string of the molecule is CCOc1cc(/C=C2/SC(=O)N(CC(=O)Nc3ccc(OC)cc3)C2=O)ccc1OCc1ccc(Cl)cc1. The summed E-state index contributed by atoms with van der Waals surface area (Å²) < 4.78 is 16.8. The summed E-state index contributed by atoms with van der Waals surface area (Å²) in [7, 11) is 1.55. The molecular formula is C28H25ClN2O6S. The number of thioether (sulfide) groups is 1. The fourth-order valence-electron chi connectivity index (χ4n) is 3.55. The van der Waals surface area contributed by atoms with Crippen LogP contribution in [0.15, 0.2) is 71.6 Å². The maximum absolute atomic E-state index is 12.9. The van der Waals surface area contributed by atoms with Crippen LogP contribution >= 0.6 is 23.4 Å². The highest BCUT2D eigenvalue weighted by Crippen LogP contribution is 2.35. The number of nitrogens with one attached hydrogen (secondary N) is 1. The topological polar surface area (TPSA) is 94.2 Å². The van der Waals surface area contributed by atoms with Gasteiger partial charge in [0, 0.05) is 10.7 Å². The first kappa shape index (κ1) is 27.1. The first-order chi connectivity index (χ1) is 18.4. The molecule has 1 fully saturated rings. The van der Waals surface area contributed by atoms with Crippen LogP contribution in [0.1, 0.15) is 18.1 Å². The number of amides is 3. The first-order valence-electron chi connectivity index (χ1n) is 11.7. The molecule has 0 spiro atoms. The van der Waals surface area contributed by atoms with E-state index in [1.165, 1.54) is 0 Å². The molecule has 1 saturated heterocycles. The van der Waals surface area contributed by atoms with Crippen LogP contribution in [0.2, 0.25) is 5.02 Å². The lowest BCUT2D eigenvalue weighted by Crippen LogP contribution is -2.36. The van der Waals surface area contributed by atoms with E-state index in [0.29, 0.717) is 46.7 Å². The van der Waals surface area contributed by atoms with Gasteiger partial charge < -0.3 is 19.5 Å². The standard InChI is InChI=1S/C28H25ClN2O6S/c1-3-36-24-14-19(6-13-23(24)37-17-18-4-7-20(29)8-5-18)15-25-27(33)31(28(34)38-25)16-26(32)30-21-9-11-22(35-2)12-10-21/h4-15H,3,16-17H2,1-2H3,(H,30,32)/b25-15+. The average Bonchev–Trinajstić information content (AvgIpc) is 3.17. The number of anilines is 1. The van der Waals surface area contributed by atoms with Gasteiger partial charge in [0.2, 0.25) is 5.91 Å². The number of carbonyl (C=O) groups excluding carboxylic acids is 3. The first-order valence-corrected chi connectivity index (χ1v) is 12.9. The van der Waals surface area contributed by atoms with Gasteiger partial charge in [-0.1, -0.05) is 29.8 Å². The molecule has 0 aromatic heterocycles. The monoisotopic (exact) mass is 552 g/mol. The Labute approximate surface area is 229 Å². The minimum Gasteiger partial charge on any atom is -0.497 e. The second-order valence-corrected chi connectivity index (χ2v) is 9.53. The van der Waals surface area contributed by atoms with E-state index in [2.05, 4.69) is 5.32 Å². The number of hydrogen-bond acceptors (Lipinski definition) is 7. The van der Waals surface area contributed by atoms with Gasteiger partial charge in [0.05, 0.1) is 18.6 Å². The van der Waals surface area contributed by atoms with Crippen molar-refractivity contribution in [3.63, 3.8) is 0 Å². The Hall–Kier alpha value is -3.95. The van der Waals surface area contributed by atoms with Crippen LogP contribution < -0.4 is 19.5 Å². The predicted octanol–water partition coefficient (Wildman–Crippen LogP) is 6.00. The van der Waals surface area contributed by atoms with Gasteiger partial charge in [0.1, 0.15) is 18.9 Å². The van der Waals surface area contributed by atoms with E-state index in [9.17, 15) is 14.4 Å². The van der Waals surface area contributed by atoms with Gasteiger partial charge in [-0.15, -0.1) is 0 Å². The number of carbonyl (C=O) groups is 3. The Morgan fingerprint density at radius 3 is 2.42 bits per heavy atom. The number of hydrogen-bond donors (Lipinski definition) is 1. The molecule has 196 valence electrons. The number of nitrogens with zero attached hydrogens (tertiary/aromatic N) is 1. The van der Waals surface area contributed by atoms with Crippen molar-refractivity contribution in [1.29, 1.82) is 0 Å². The largest absolute Gasteiger partial charge is 0.497 e. The summed E-state index contributed by atoms with van der Waals surface area (Å²) in [6.45, 7) is 2.21. The van der Waals surface area contributed by atoms with Crippen LogP contribution in [0.3, 0.4) is 0 Å². The Kier molecular flexibility index (Phi) is 8.93. The van der Waals surface area contributed by atoms with Gasteiger partial charge in [-0.3, -0.25) is 19.3 Å². The van der Waals surface area contributed by atoms with Gasteiger partial charge in [0.25, 0.3) is 11.1 Å². The predicted molar refractivity (Wildman–Crippen MR) is 148 cm³/mol. The fraction of sp³-hybridized carbons (Fsp3) is 0.179. The average molecular weight is 553 g/mol. The summed E-state index contributed by atoms with van der Waals surface area (Å²) in [5.74, 6) is 0.675. The van der Waals surface area contributed by atoms with Crippen LogP contribution in [0.4, 0.5) is 10.5 Å². The van der Waals surface area contributed by atoms with E-state index in [1.54, 1.807) is 67.8 Å². The number of halogens is 1. The number of rotatable bonds is 10. The molecule has 0 bridgehead atoms. The van der Waals surface area contributed by atoms with Crippen molar-refractivity contribution < 1.29 is 28.6 Å². The molecule has 1 aliphatic rings. The molecule has 10 heteroatoms. The van der Waals surface area contributed by atoms with Crippen molar-refractivity contribution in [2.75, 3.05) is 25.6 Å². The van der Waals surface area contributed by atoms with Crippen LogP contribution in [0.5, 0.6) is 17.2 Å². The van der Waals surface area contributed by atoms with Crippen LogP contribution in [-0.4, -0.2) is 42.2 Å². The van der Waals surface area contributed by atoms with Crippen LogP contribution in [-0.2, 0) is 16.2 Å². The molecule has 0 radical (unpaired) electrons. The number of imide groups is 1. The molecule has 1 aliphatic heterocycles. The quantitative estimate of drug-likeness (QED) is 0.308. The molecule has 0 saturated carbocycles. The Bertz CT molecular complexity index is 1360. The second kappa shape index (κ2) is 12.5. The Morgan fingerprint density at radius 1 is 1.00 bits per heavy atom. The highest BCUT2D eigenvalue weighted by Gasteiger charge is 2.36.